The second-order valence-corrected chi connectivity index (χ2v) is 7.42. The zero-order chi connectivity index (χ0) is 24.6. The molecule has 11 heteroatoms. The summed E-state index contributed by atoms with van der Waals surface area (Å²) in [7, 11) is 0. The van der Waals surface area contributed by atoms with E-state index in [-0.39, 0.29) is 12.4 Å². The fourth-order valence-corrected chi connectivity index (χ4v) is 3.18. The first-order valence-electron chi connectivity index (χ1n) is 10.2. The predicted octanol–water partition coefficient (Wildman–Crippen LogP) is 5.58. The van der Waals surface area contributed by atoms with Gasteiger partial charge in [-0.25, -0.2) is 13.8 Å². The maximum absolute atomic E-state index is 13.7. The summed E-state index contributed by atoms with van der Waals surface area (Å²) in [6, 6.07) is 5.97. The second kappa shape index (κ2) is 10.9. The molecular weight excluding hydrogens is 443 g/mol. The highest BCUT2D eigenvalue weighted by Crippen LogP contribution is 2.39. The molecule has 2 rings (SSSR count). The Hall–Kier alpha value is -3.42. The van der Waals surface area contributed by atoms with Crippen LogP contribution in [-0.2, 0) is 0 Å². The van der Waals surface area contributed by atoms with E-state index in [1.54, 1.807) is 25.1 Å². The number of hydrogen-bond acceptors (Lipinski definition) is 5. The van der Waals surface area contributed by atoms with Crippen LogP contribution in [0.5, 0.6) is 0 Å². The van der Waals surface area contributed by atoms with Gasteiger partial charge in [0.05, 0.1) is 17.3 Å². The van der Waals surface area contributed by atoms with Crippen molar-refractivity contribution in [1.29, 1.82) is 10.7 Å². The molecule has 6 nitrogen and oxygen atoms in total. The molecule has 178 valence electrons. The van der Waals surface area contributed by atoms with Crippen LogP contribution in [0, 0.1) is 16.7 Å². The summed E-state index contributed by atoms with van der Waals surface area (Å²) < 4.78 is 67.7. The fraction of sp³-hybridized carbons (Fsp3) is 0.409. The molecule has 0 unspecified atom stereocenters. The third-order valence-electron chi connectivity index (χ3n) is 4.72. The molecule has 1 aliphatic rings. The normalized spacial score (nSPS) is 17.1. The lowest BCUT2D eigenvalue weighted by molar-refractivity contribution is -0.0947. The minimum absolute atomic E-state index is 0.00109. The van der Waals surface area contributed by atoms with Crippen LogP contribution in [0.15, 0.2) is 46.7 Å². The molecule has 0 atom stereocenters. The Morgan fingerprint density at radius 3 is 2.52 bits per heavy atom. The van der Waals surface area contributed by atoms with Crippen LogP contribution < -0.4 is 16.0 Å². The SMILES string of the molecule is CC/C=C/C(=C(\N=C(/C)Nc1cccc(NCC#N)c1C=N)NC1CC(F)(F)C1)C(F)(F)F. The molecule has 0 saturated heterocycles. The number of halogens is 5. The average molecular weight is 468 g/mol. The van der Waals surface area contributed by atoms with E-state index in [1.165, 1.54) is 13.0 Å². The third kappa shape index (κ3) is 7.30. The number of hydrogen-bond donors (Lipinski definition) is 4. The van der Waals surface area contributed by atoms with E-state index < -0.39 is 42.4 Å². The van der Waals surface area contributed by atoms with Crippen molar-refractivity contribution in [1.82, 2.24) is 5.32 Å². The number of nitrogens with zero attached hydrogens (tertiary/aromatic N) is 2. The van der Waals surface area contributed by atoms with Crippen LogP contribution in [0.2, 0.25) is 0 Å². The number of alkyl halides is 5. The van der Waals surface area contributed by atoms with Crippen molar-refractivity contribution in [2.24, 2.45) is 4.99 Å². The molecule has 0 aromatic heterocycles. The van der Waals surface area contributed by atoms with E-state index >= 15 is 0 Å². The Morgan fingerprint density at radius 2 is 1.97 bits per heavy atom. The van der Waals surface area contributed by atoms with Crippen molar-refractivity contribution in [3.63, 3.8) is 0 Å². The molecule has 33 heavy (non-hydrogen) atoms. The zero-order valence-corrected chi connectivity index (χ0v) is 18.2. The van der Waals surface area contributed by atoms with Crippen molar-refractivity contribution in [2.75, 3.05) is 17.2 Å². The largest absolute Gasteiger partial charge is 0.419 e. The topological polar surface area (TPSA) is 96.1 Å². The van der Waals surface area contributed by atoms with Crippen LogP contribution in [0.4, 0.5) is 33.3 Å². The number of anilines is 2. The van der Waals surface area contributed by atoms with Crippen molar-refractivity contribution < 1.29 is 22.0 Å². The van der Waals surface area contributed by atoms with E-state index in [0.29, 0.717) is 23.4 Å². The van der Waals surface area contributed by atoms with Crippen LogP contribution in [0.1, 0.15) is 38.7 Å². The summed E-state index contributed by atoms with van der Waals surface area (Å²) in [5, 5.41) is 24.6. The van der Waals surface area contributed by atoms with Gasteiger partial charge in [-0.15, -0.1) is 0 Å². The van der Waals surface area contributed by atoms with Crippen LogP contribution >= 0.6 is 0 Å². The van der Waals surface area contributed by atoms with Crippen LogP contribution in [-0.4, -0.2) is 36.7 Å². The Balaban J connectivity index is 2.43. The van der Waals surface area contributed by atoms with Crippen molar-refractivity contribution in [3.05, 3.63) is 47.3 Å². The van der Waals surface area contributed by atoms with E-state index in [2.05, 4.69) is 20.9 Å². The van der Waals surface area contributed by atoms with Crippen molar-refractivity contribution >= 4 is 23.4 Å². The van der Waals surface area contributed by atoms with E-state index in [1.807, 2.05) is 6.07 Å². The minimum atomic E-state index is -4.76. The Morgan fingerprint density at radius 1 is 1.30 bits per heavy atom. The summed E-state index contributed by atoms with van der Waals surface area (Å²) in [4.78, 5) is 4.04. The highest BCUT2D eigenvalue weighted by molar-refractivity contribution is 6.02. The minimum Gasteiger partial charge on any atom is -0.372 e. The summed E-state index contributed by atoms with van der Waals surface area (Å²) >= 11 is 0. The van der Waals surface area contributed by atoms with Gasteiger partial charge in [0.2, 0.25) is 0 Å². The predicted molar refractivity (Wildman–Crippen MR) is 119 cm³/mol. The molecule has 1 aromatic carbocycles. The number of allylic oxidation sites excluding steroid dienone is 3. The van der Waals surface area contributed by atoms with Gasteiger partial charge in [0.25, 0.3) is 5.92 Å². The van der Waals surface area contributed by atoms with Gasteiger partial charge in [-0.2, -0.15) is 18.4 Å². The molecule has 1 fully saturated rings. The molecule has 0 aliphatic heterocycles. The highest BCUT2D eigenvalue weighted by atomic mass is 19.4. The molecule has 0 amide bonds. The van der Waals surface area contributed by atoms with E-state index in [9.17, 15) is 22.0 Å². The number of aliphatic imine (C=N–C) groups is 1. The van der Waals surface area contributed by atoms with Gasteiger partial charge in [-0.1, -0.05) is 25.1 Å². The fourth-order valence-electron chi connectivity index (χ4n) is 3.18. The maximum atomic E-state index is 13.7. The molecule has 4 N–H and O–H groups in total. The van der Waals surface area contributed by atoms with Crippen LogP contribution in [0.3, 0.4) is 0 Å². The third-order valence-corrected chi connectivity index (χ3v) is 4.72. The number of rotatable bonds is 9. The Bertz CT molecular complexity index is 980. The number of nitrogens with one attached hydrogen (secondary N) is 4. The number of amidine groups is 1. The van der Waals surface area contributed by atoms with Gasteiger partial charge in [0.15, 0.2) is 0 Å². The molecule has 0 radical (unpaired) electrons. The van der Waals surface area contributed by atoms with Gasteiger partial charge in [0, 0.05) is 36.3 Å². The molecule has 0 heterocycles. The lowest BCUT2D eigenvalue weighted by Gasteiger charge is -2.36. The smallest absolute Gasteiger partial charge is 0.372 e. The van der Waals surface area contributed by atoms with Gasteiger partial charge < -0.3 is 21.4 Å². The molecule has 1 saturated carbocycles. The summed E-state index contributed by atoms with van der Waals surface area (Å²) in [6.45, 7) is 3.10. The van der Waals surface area contributed by atoms with Gasteiger partial charge in [0.1, 0.15) is 18.2 Å². The van der Waals surface area contributed by atoms with Gasteiger partial charge >= 0.3 is 6.18 Å². The van der Waals surface area contributed by atoms with Gasteiger partial charge in [-0.05, 0) is 25.5 Å². The zero-order valence-electron chi connectivity index (χ0n) is 18.2. The lowest BCUT2D eigenvalue weighted by atomic mass is 9.88. The van der Waals surface area contributed by atoms with Crippen molar-refractivity contribution in [2.45, 2.75) is 51.3 Å². The van der Waals surface area contributed by atoms with Gasteiger partial charge in [-0.3, -0.25) is 0 Å². The number of benzene rings is 1. The summed E-state index contributed by atoms with van der Waals surface area (Å²) in [6.07, 6.45) is -2.34. The average Bonchev–Trinajstić information content (AvgIpc) is 2.70. The lowest BCUT2D eigenvalue weighted by Crippen LogP contribution is -2.48. The van der Waals surface area contributed by atoms with E-state index in [4.69, 9.17) is 10.7 Å². The Kier molecular flexibility index (Phi) is 8.56. The quantitative estimate of drug-likeness (QED) is 0.125. The molecule has 1 aromatic rings. The van der Waals surface area contributed by atoms with Crippen molar-refractivity contribution in [3.8, 4) is 6.07 Å². The first-order chi connectivity index (χ1) is 15.5. The second-order valence-electron chi connectivity index (χ2n) is 7.42. The first-order valence-corrected chi connectivity index (χ1v) is 10.2. The standard InChI is InChI=1S/C22H25F5N6/c1-3-4-6-17(22(25,26)27)20(33-15-11-21(23,24)12-15)32-14(2)31-19-8-5-7-18(16(19)13-29)30-10-9-28/h4-8,13,15,29-30,33H,3,10-12H2,1-2H3,(H,31,32)/b6-4+,20-17-,29-13?. The monoisotopic (exact) mass is 468 g/mol. The summed E-state index contributed by atoms with van der Waals surface area (Å²) in [5.74, 6) is -3.42. The van der Waals surface area contributed by atoms with E-state index in [0.717, 1.165) is 12.3 Å². The Labute approximate surface area is 188 Å². The summed E-state index contributed by atoms with van der Waals surface area (Å²) in [5.41, 5.74) is 0.164. The molecule has 0 spiro atoms. The first kappa shape index (κ1) is 25.8. The molecule has 1 aliphatic carbocycles. The molecule has 0 bridgehead atoms. The van der Waals surface area contributed by atoms with Crippen LogP contribution in [0.25, 0.3) is 0 Å². The molecular formula is C22H25F5N6. The highest BCUT2D eigenvalue weighted by Gasteiger charge is 2.46. The number of nitriles is 1. The maximum Gasteiger partial charge on any atom is 0.419 e.